The van der Waals surface area contributed by atoms with Gasteiger partial charge in [0.05, 0.1) is 12.8 Å². The van der Waals surface area contributed by atoms with E-state index in [1.54, 1.807) is 0 Å². The third kappa shape index (κ3) is 3.82. The van der Waals surface area contributed by atoms with Gasteiger partial charge in [-0.25, -0.2) is 18.5 Å². The lowest BCUT2D eigenvalue weighted by Gasteiger charge is -2.03. The van der Waals surface area contributed by atoms with Crippen molar-refractivity contribution in [2.45, 2.75) is 11.3 Å². The van der Waals surface area contributed by atoms with E-state index in [-0.39, 0.29) is 11.5 Å². The standard InChI is InChI=1S/C8H12N2O4S/c9-15(12,13)7-2-3-8(10-6-7)14-5-1-4-11/h2-3,6,11H,1,4-5H2,(H2,9,12,13). The minimum atomic E-state index is -3.70. The molecule has 0 aliphatic rings. The van der Waals surface area contributed by atoms with Crippen LogP contribution in [0.3, 0.4) is 0 Å². The second-order valence-electron chi connectivity index (χ2n) is 2.80. The maximum absolute atomic E-state index is 10.9. The molecule has 0 aromatic carbocycles. The smallest absolute Gasteiger partial charge is 0.239 e. The maximum atomic E-state index is 10.9. The molecule has 6 nitrogen and oxygen atoms in total. The Balaban J connectivity index is 2.65. The van der Waals surface area contributed by atoms with E-state index in [1.807, 2.05) is 0 Å². The van der Waals surface area contributed by atoms with Crippen LogP contribution in [0.25, 0.3) is 0 Å². The molecule has 0 fully saturated rings. The van der Waals surface area contributed by atoms with Crippen molar-refractivity contribution in [2.24, 2.45) is 5.14 Å². The summed E-state index contributed by atoms with van der Waals surface area (Å²) in [5, 5.41) is 13.4. The molecule has 1 rings (SSSR count). The summed E-state index contributed by atoms with van der Waals surface area (Å²) in [6, 6.07) is 2.73. The molecule has 7 heteroatoms. The van der Waals surface area contributed by atoms with Crippen molar-refractivity contribution in [1.82, 2.24) is 4.98 Å². The molecule has 0 unspecified atom stereocenters. The number of hydrogen-bond donors (Lipinski definition) is 2. The van der Waals surface area contributed by atoms with Crippen molar-refractivity contribution in [3.63, 3.8) is 0 Å². The van der Waals surface area contributed by atoms with E-state index in [4.69, 9.17) is 15.0 Å². The van der Waals surface area contributed by atoms with Gasteiger partial charge in [0.25, 0.3) is 0 Å². The van der Waals surface area contributed by atoms with Crippen LogP contribution in [0, 0.1) is 0 Å². The van der Waals surface area contributed by atoms with Crippen molar-refractivity contribution in [3.8, 4) is 5.88 Å². The third-order valence-electron chi connectivity index (χ3n) is 1.59. The molecule has 1 heterocycles. The lowest BCUT2D eigenvalue weighted by atomic mass is 10.5. The van der Waals surface area contributed by atoms with Gasteiger partial charge < -0.3 is 9.84 Å². The Morgan fingerprint density at radius 1 is 1.47 bits per heavy atom. The molecule has 84 valence electrons. The molecule has 0 radical (unpaired) electrons. The van der Waals surface area contributed by atoms with Gasteiger partial charge in [0.2, 0.25) is 15.9 Å². The highest BCUT2D eigenvalue weighted by molar-refractivity contribution is 7.89. The lowest BCUT2D eigenvalue weighted by molar-refractivity contribution is 0.229. The first-order chi connectivity index (χ1) is 7.04. The second kappa shape index (κ2) is 5.06. The van der Waals surface area contributed by atoms with Crippen molar-refractivity contribution in [3.05, 3.63) is 18.3 Å². The molecule has 0 atom stereocenters. The van der Waals surface area contributed by atoms with Gasteiger partial charge in [0.1, 0.15) is 4.90 Å². The van der Waals surface area contributed by atoms with Gasteiger partial charge >= 0.3 is 0 Å². The van der Waals surface area contributed by atoms with E-state index >= 15 is 0 Å². The number of pyridine rings is 1. The molecule has 0 bridgehead atoms. The quantitative estimate of drug-likeness (QED) is 0.665. The highest BCUT2D eigenvalue weighted by atomic mass is 32.2. The van der Waals surface area contributed by atoms with Crippen LogP contribution in [-0.2, 0) is 10.0 Å². The molecule has 0 amide bonds. The molecule has 0 aliphatic heterocycles. The number of nitrogens with two attached hydrogens (primary N) is 1. The van der Waals surface area contributed by atoms with Crippen LogP contribution >= 0.6 is 0 Å². The first-order valence-corrected chi connectivity index (χ1v) is 5.81. The minimum Gasteiger partial charge on any atom is -0.478 e. The van der Waals surface area contributed by atoms with Gasteiger partial charge in [-0.05, 0) is 6.07 Å². The van der Waals surface area contributed by atoms with Gasteiger partial charge in [-0.2, -0.15) is 0 Å². The van der Waals surface area contributed by atoms with Gasteiger partial charge in [0.15, 0.2) is 0 Å². The number of hydrogen-bond acceptors (Lipinski definition) is 5. The fourth-order valence-corrected chi connectivity index (χ4v) is 1.32. The Hall–Kier alpha value is -1.18. The molecule has 1 aromatic heterocycles. The van der Waals surface area contributed by atoms with Crippen molar-refractivity contribution in [2.75, 3.05) is 13.2 Å². The van der Waals surface area contributed by atoms with Crippen LogP contribution in [0.1, 0.15) is 6.42 Å². The van der Waals surface area contributed by atoms with E-state index in [0.717, 1.165) is 6.20 Å². The Kier molecular flexibility index (Phi) is 4.01. The van der Waals surface area contributed by atoms with Crippen LogP contribution < -0.4 is 9.88 Å². The molecule has 0 spiro atoms. The summed E-state index contributed by atoms with van der Waals surface area (Å²) in [6.45, 7) is 0.369. The van der Waals surface area contributed by atoms with Crippen LogP contribution in [0.4, 0.5) is 0 Å². The summed E-state index contributed by atoms with van der Waals surface area (Å²) >= 11 is 0. The number of rotatable bonds is 5. The SMILES string of the molecule is NS(=O)(=O)c1ccc(OCCCO)nc1. The molecule has 3 N–H and O–H groups in total. The van der Waals surface area contributed by atoms with Crippen molar-refractivity contribution < 1.29 is 18.3 Å². The predicted octanol–water partition coefficient (Wildman–Crippen LogP) is -0.510. The van der Waals surface area contributed by atoms with Crippen LogP contribution in [0.15, 0.2) is 23.2 Å². The summed E-state index contributed by atoms with van der Waals surface area (Å²) in [5.74, 6) is 0.302. The zero-order valence-corrected chi connectivity index (χ0v) is 8.77. The molecular formula is C8H12N2O4S. The van der Waals surface area contributed by atoms with Gasteiger partial charge in [-0.15, -0.1) is 0 Å². The van der Waals surface area contributed by atoms with E-state index in [2.05, 4.69) is 4.98 Å². The molecule has 1 aromatic rings. The van der Waals surface area contributed by atoms with Crippen molar-refractivity contribution in [1.29, 1.82) is 0 Å². The summed E-state index contributed by atoms with van der Waals surface area (Å²) in [5.41, 5.74) is 0. The average molecular weight is 232 g/mol. The zero-order chi connectivity index (χ0) is 11.3. The second-order valence-corrected chi connectivity index (χ2v) is 4.36. The maximum Gasteiger partial charge on any atom is 0.239 e. The predicted molar refractivity (Wildman–Crippen MR) is 52.8 cm³/mol. The number of aromatic nitrogens is 1. The summed E-state index contributed by atoms with van der Waals surface area (Å²) < 4.78 is 26.8. The summed E-state index contributed by atoms with van der Waals surface area (Å²) in [4.78, 5) is 3.70. The van der Waals surface area contributed by atoms with Gasteiger partial charge in [-0.3, -0.25) is 0 Å². The molecule has 15 heavy (non-hydrogen) atoms. The largest absolute Gasteiger partial charge is 0.478 e. The minimum absolute atomic E-state index is 0.0370. The number of aliphatic hydroxyl groups excluding tert-OH is 1. The molecule has 0 saturated heterocycles. The number of aliphatic hydroxyl groups is 1. The number of primary sulfonamides is 1. The monoisotopic (exact) mass is 232 g/mol. The zero-order valence-electron chi connectivity index (χ0n) is 7.96. The van der Waals surface area contributed by atoms with Crippen molar-refractivity contribution >= 4 is 10.0 Å². The fraction of sp³-hybridized carbons (Fsp3) is 0.375. The highest BCUT2D eigenvalue weighted by Crippen LogP contribution is 2.10. The Bertz CT molecular complexity index is 401. The highest BCUT2D eigenvalue weighted by Gasteiger charge is 2.07. The van der Waals surface area contributed by atoms with Crippen LogP contribution in [0.5, 0.6) is 5.88 Å². The van der Waals surface area contributed by atoms with E-state index < -0.39 is 10.0 Å². The van der Waals surface area contributed by atoms with E-state index in [9.17, 15) is 8.42 Å². The molecule has 0 saturated carbocycles. The molecular weight excluding hydrogens is 220 g/mol. The summed E-state index contributed by atoms with van der Waals surface area (Å²) in [6.07, 6.45) is 1.63. The fourth-order valence-electron chi connectivity index (χ4n) is 0.862. The van der Waals surface area contributed by atoms with Gasteiger partial charge in [-0.1, -0.05) is 0 Å². The van der Waals surface area contributed by atoms with E-state index in [1.165, 1.54) is 12.1 Å². The normalized spacial score (nSPS) is 11.3. The molecule has 0 aliphatic carbocycles. The number of sulfonamides is 1. The topological polar surface area (TPSA) is 103 Å². The Morgan fingerprint density at radius 3 is 2.67 bits per heavy atom. The average Bonchev–Trinajstić information content (AvgIpc) is 2.18. The first kappa shape index (κ1) is 11.9. The first-order valence-electron chi connectivity index (χ1n) is 4.26. The van der Waals surface area contributed by atoms with Gasteiger partial charge in [0, 0.05) is 19.1 Å². The Labute approximate surface area is 87.8 Å². The summed E-state index contributed by atoms with van der Waals surface area (Å²) in [7, 11) is -3.70. The Morgan fingerprint density at radius 2 is 2.20 bits per heavy atom. The number of nitrogens with zero attached hydrogens (tertiary/aromatic N) is 1. The van der Waals surface area contributed by atoms with Crippen LogP contribution in [-0.4, -0.2) is 31.7 Å². The van der Waals surface area contributed by atoms with Crippen LogP contribution in [0.2, 0.25) is 0 Å². The number of ether oxygens (including phenoxy) is 1. The van der Waals surface area contributed by atoms with E-state index in [0.29, 0.717) is 18.9 Å². The third-order valence-corrected chi connectivity index (χ3v) is 2.49. The lowest BCUT2D eigenvalue weighted by Crippen LogP contribution is -2.12.